The van der Waals surface area contributed by atoms with Crippen molar-refractivity contribution in [2.75, 3.05) is 20.1 Å². The summed E-state index contributed by atoms with van der Waals surface area (Å²) in [6.07, 6.45) is 2.45. The largest absolute Gasteiger partial charge is 0.318 e. The number of likely N-dealkylation sites (tertiary alicyclic amines) is 1. The van der Waals surface area contributed by atoms with Gasteiger partial charge in [0.15, 0.2) is 0 Å². The van der Waals surface area contributed by atoms with E-state index in [-0.39, 0.29) is 10.6 Å². The van der Waals surface area contributed by atoms with Gasteiger partial charge in [0.1, 0.15) is 0 Å². The zero-order chi connectivity index (χ0) is 13.8. The molecule has 1 aromatic carbocycles. The van der Waals surface area contributed by atoms with Crippen LogP contribution in [-0.2, 0) is 0 Å². The van der Waals surface area contributed by atoms with E-state index in [0.717, 1.165) is 18.7 Å². The topological polar surface area (TPSA) is 58.4 Å². The Kier molecular flexibility index (Phi) is 4.50. The summed E-state index contributed by atoms with van der Waals surface area (Å²) < 4.78 is 0. The molecule has 0 saturated carbocycles. The lowest BCUT2D eigenvalue weighted by Gasteiger charge is -2.30. The maximum absolute atomic E-state index is 10.7. The lowest BCUT2D eigenvalue weighted by atomic mass is 10.1. The zero-order valence-electron chi connectivity index (χ0n) is 11.5. The van der Waals surface area contributed by atoms with Crippen LogP contribution in [0.2, 0.25) is 0 Å². The molecule has 2 atom stereocenters. The summed E-state index contributed by atoms with van der Waals surface area (Å²) in [5.74, 6) is 0. The summed E-state index contributed by atoms with van der Waals surface area (Å²) in [7, 11) is 1.98. The summed E-state index contributed by atoms with van der Waals surface area (Å²) in [4.78, 5) is 12.8. The Balaban J connectivity index is 2.10. The lowest BCUT2D eigenvalue weighted by Crippen LogP contribution is -2.38. The van der Waals surface area contributed by atoms with E-state index in [4.69, 9.17) is 0 Å². The second-order valence-corrected chi connectivity index (χ2v) is 5.12. The fourth-order valence-corrected chi connectivity index (χ4v) is 2.89. The molecular formula is C14H21N3O2. The molecule has 0 bridgehead atoms. The van der Waals surface area contributed by atoms with E-state index in [1.54, 1.807) is 12.1 Å². The quantitative estimate of drug-likeness (QED) is 0.654. The Morgan fingerprint density at radius 2 is 2.16 bits per heavy atom. The van der Waals surface area contributed by atoms with Crippen molar-refractivity contribution >= 4 is 5.69 Å². The average Bonchev–Trinajstić information content (AvgIpc) is 2.87. The standard InChI is InChI=1S/C14H21N3O2/c1-11(16-9-3-4-14(16)10-15-2)12-5-7-13(8-6-12)17(18)19/h5-8,11,14-15H,3-4,9-10H2,1-2H3. The van der Waals surface area contributed by atoms with Gasteiger partial charge >= 0.3 is 0 Å². The molecule has 1 heterocycles. The van der Waals surface area contributed by atoms with Gasteiger partial charge in [0.25, 0.3) is 5.69 Å². The Labute approximate surface area is 113 Å². The molecule has 2 unspecified atom stereocenters. The molecule has 5 heteroatoms. The van der Waals surface area contributed by atoms with E-state index < -0.39 is 0 Å². The molecule has 1 N–H and O–H groups in total. The van der Waals surface area contributed by atoms with Crippen molar-refractivity contribution in [1.29, 1.82) is 0 Å². The monoisotopic (exact) mass is 263 g/mol. The van der Waals surface area contributed by atoms with Gasteiger partial charge in [-0.2, -0.15) is 0 Å². The number of hydrogen-bond acceptors (Lipinski definition) is 4. The first-order chi connectivity index (χ1) is 9.13. The molecule has 104 valence electrons. The summed E-state index contributed by atoms with van der Waals surface area (Å²) in [6.45, 7) is 4.27. The minimum absolute atomic E-state index is 0.157. The van der Waals surface area contributed by atoms with Crippen molar-refractivity contribution in [3.63, 3.8) is 0 Å². The van der Waals surface area contributed by atoms with E-state index in [1.165, 1.54) is 12.8 Å². The van der Waals surface area contributed by atoms with E-state index in [0.29, 0.717) is 12.1 Å². The van der Waals surface area contributed by atoms with Crippen LogP contribution in [0.1, 0.15) is 31.4 Å². The number of nitrogens with zero attached hydrogens (tertiary/aromatic N) is 2. The van der Waals surface area contributed by atoms with Gasteiger partial charge in [-0.3, -0.25) is 15.0 Å². The highest BCUT2D eigenvalue weighted by atomic mass is 16.6. The first-order valence-corrected chi connectivity index (χ1v) is 6.78. The number of likely N-dealkylation sites (N-methyl/N-ethyl adjacent to an activating group) is 1. The fourth-order valence-electron chi connectivity index (χ4n) is 2.89. The fraction of sp³-hybridized carbons (Fsp3) is 0.571. The first kappa shape index (κ1) is 14.0. The van der Waals surface area contributed by atoms with Crippen molar-refractivity contribution < 1.29 is 4.92 Å². The zero-order valence-corrected chi connectivity index (χ0v) is 11.5. The first-order valence-electron chi connectivity index (χ1n) is 6.78. The number of rotatable bonds is 5. The van der Waals surface area contributed by atoms with Crippen LogP contribution in [0.4, 0.5) is 5.69 Å². The average molecular weight is 263 g/mol. The predicted molar refractivity (Wildman–Crippen MR) is 75.2 cm³/mol. The smallest absolute Gasteiger partial charge is 0.269 e. The molecule has 1 aliphatic rings. The third-order valence-corrected chi connectivity index (χ3v) is 3.95. The second kappa shape index (κ2) is 6.12. The normalized spacial score (nSPS) is 21.5. The van der Waals surface area contributed by atoms with Gasteiger partial charge in [-0.25, -0.2) is 0 Å². The maximum atomic E-state index is 10.7. The van der Waals surface area contributed by atoms with Crippen LogP contribution in [0, 0.1) is 10.1 Å². The summed E-state index contributed by atoms with van der Waals surface area (Å²) in [5, 5.41) is 13.9. The summed E-state index contributed by atoms with van der Waals surface area (Å²) in [6, 6.07) is 7.80. The molecule has 0 aliphatic carbocycles. The molecule has 1 aromatic rings. The molecule has 0 spiro atoms. The maximum Gasteiger partial charge on any atom is 0.269 e. The molecule has 19 heavy (non-hydrogen) atoms. The van der Waals surface area contributed by atoms with Crippen molar-refractivity contribution in [2.24, 2.45) is 0 Å². The lowest BCUT2D eigenvalue weighted by molar-refractivity contribution is -0.384. The number of benzene rings is 1. The second-order valence-electron chi connectivity index (χ2n) is 5.12. The molecule has 0 radical (unpaired) electrons. The van der Waals surface area contributed by atoms with E-state index >= 15 is 0 Å². The molecule has 1 saturated heterocycles. The predicted octanol–water partition coefficient (Wildman–Crippen LogP) is 2.34. The molecule has 1 fully saturated rings. The molecule has 5 nitrogen and oxygen atoms in total. The van der Waals surface area contributed by atoms with Gasteiger partial charge < -0.3 is 5.32 Å². The van der Waals surface area contributed by atoms with Crippen molar-refractivity contribution in [1.82, 2.24) is 10.2 Å². The van der Waals surface area contributed by atoms with Crippen LogP contribution in [0.25, 0.3) is 0 Å². The van der Waals surface area contributed by atoms with Gasteiger partial charge in [-0.1, -0.05) is 12.1 Å². The highest BCUT2D eigenvalue weighted by Gasteiger charge is 2.28. The highest BCUT2D eigenvalue weighted by molar-refractivity contribution is 5.34. The van der Waals surface area contributed by atoms with Crippen molar-refractivity contribution in [3.8, 4) is 0 Å². The highest BCUT2D eigenvalue weighted by Crippen LogP contribution is 2.29. The number of nitro groups is 1. The minimum atomic E-state index is -0.353. The van der Waals surface area contributed by atoms with Crippen LogP contribution < -0.4 is 5.32 Å². The minimum Gasteiger partial charge on any atom is -0.318 e. The molecular weight excluding hydrogens is 242 g/mol. The van der Waals surface area contributed by atoms with Crippen molar-refractivity contribution in [3.05, 3.63) is 39.9 Å². The van der Waals surface area contributed by atoms with Gasteiger partial charge in [-0.05, 0) is 38.9 Å². The third kappa shape index (κ3) is 3.11. The van der Waals surface area contributed by atoms with Gasteiger partial charge in [0, 0.05) is 30.8 Å². The van der Waals surface area contributed by atoms with Crippen LogP contribution in [0.3, 0.4) is 0 Å². The van der Waals surface area contributed by atoms with Crippen LogP contribution in [-0.4, -0.2) is 36.0 Å². The molecule has 1 aliphatic heterocycles. The third-order valence-electron chi connectivity index (χ3n) is 3.95. The molecule has 0 amide bonds. The van der Waals surface area contributed by atoms with Crippen LogP contribution >= 0.6 is 0 Å². The Morgan fingerprint density at radius 3 is 2.74 bits per heavy atom. The Hall–Kier alpha value is -1.46. The van der Waals surface area contributed by atoms with Crippen LogP contribution in [0.15, 0.2) is 24.3 Å². The Morgan fingerprint density at radius 1 is 1.47 bits per heavy atom. The van der Waals surface area contributed by atoms with Gasteiger partial charge in [-0.15, -0.1) is 0 Å². The van der Waals surface area contributed by atoms with E-state index in [1.807, 2.05) is 19.2 Å². The van der Waals surface area contributed by atoms with E-state index in [9.17, 15) is 10.1 Å². The van der Waals surface area contributed by atoms with Crippen molar-refractivity contribution in [2.45, 2.75) is 31.8 Å². The summed E-state index contributed by atoms with van der Waals surface area (Å²) in [5.41, 5.74) is 1.30. The number of hydrogen-bond donors (Lipinski definition) is 1. The Bertz CT molecular complexity index is 433. The molecule has 2 rings (SSSR count). The number of non-ortho nitro benzene ring substituents is 1. The van der Waals surface area contributed by atoms with Crippen LogP contribution in [0.5, 0.6) is 0 Å². The number of nitrogens with one attached hydrogen (secondary N) is 1. The summed E-state index contributed by atoms with van der Waals surface area (Å²) >= 11 is 0. The van der Waals surface area contributed by atoms with E-state index in [2.05, 4.69) is 17.1 Å². The van der Waals surface area contributed by atoms with Gasteiger partial charge in [0.05, 0.1) is 4.92 Å². The number of nitro benzene ring substituents is 1. The van der Waals surface area contributed by atoms with Gasteiger partial charge in [0.2, 0.25) is 0 Å². The SMILES string of the molecule is CNCC1CCCN1C(C)c1ccc([N+](=O)[O-])cc1. The molecule has 0 aromatic heterocycles.